The number of H-pyrrole nitrogens is 1. The van der Waals surface area contributed by atoms with E-state index in [0.717, 1.165) is 18.0 Å². The number of para-hydroxylation sites is 1. The molecule has 6 nitrogen and oxygen atoms in total. The number of piperazine rings is 1. The molecular weight excluding hydrogens is 384 g/mol. The zero-order chi connectivity index (χ0) is 20.2. The van der Waals surface area contributed by atoms with Crippen LogP contribution >= 0.6 is 11.8 Å². The number of aromatic nitrogens is 2. The van der Waals surface area contributed by atoms with E-state index in [2.05, 4.69) is 14.9 Å². The topological polar surface area (TPSA) is 69.3 Å². The quantitative estimate of drug-likeness (QED) is 0.658. The van der Waals surface area contributed by atoms with Crippen molar-refractivity contribution in [2.24, 2.45) is 0 Å². The van der Waals surface area contributed by atoms with Crippen LogP contribution in [0.2, 0.25) is 0 Å². The molecule has 29 heavy (non-hydrogen) atoms. The Hall–Kier alpha value is -2.64. The van der Waals surface area contributed by atoms with Gasteiger partial charge in [0.05, 0.1) is 22.7 Å². The third kappa shape index (κ3) is 4.68. The van der Waals surface area contributed by atoms with E-state index in [9.17, 15) is 9.59 Å². The number of thioether (sulfide) groups is 1. The summed E-state index contributed by atoms with van der Waals surface area (Å²) < 4.78 is 0. The molecule has 1 N–H and O–H groups in total. The third-order valence-electron chi connectivity index (χ3n) is 5.12. The van der Waals surface area contributed by atoms with Crippen LogP contribution in [0.3, 0.4) is 0 Å². The number of hydrogen-bond donors (Lipinski definition) is 1. The number of carbonyl (C=O) groups is 1. The first-order valence-corrected chi connectivity index (χ1v) is 10.7. The van der Waals surface area contributed by atoms with Crippen molar-refractivity contribution >= 4 is 28.6 Å². The molecule has 2 aromatic carbocycles. The maximum Gasteiger partial charge on any atom is 0.258 e. The summed E-state index contributed by atoms with van der Waals surface area (Å²) in [6.45, 7) is 5.47. The minimum absolute atomic E-state index is 0.105. The molecule has 4 rings (SSSR count). The van der Waals surface area contributed by atoms with Gasteiger partial charge in [-0.25, -0.2) is 4.98 Å². The van der Waals surface area contributed by atoms with Gasteiger partial charge in [-0.2, -0.15) is 0 Å². The normalized spacial score (nSPS) is 16.1. The second-order valence-corrected chi connectivity index (χ2v) is 8.62. The van der Waals surface area contributed by atoms with Gasteiger partial charge in [0.2, 0.25) is 5.91 Å². The first kappa shape index (κ1) is 19.7. The zero-order valence-corrected chi connectivity index (χ0v) is 17.2. The predicted molar refractivity (Wildman–Crippen MR) is 116 cm³/mol. The number of fused-ring (bicyclic) bond motifs is 1. The van der Waals surface area contributed by atoms with E-state index in [0.29, 0.717) is 36.4 Å². The summed E-state index contributed by atoms with van der Waals surface area (Å²) >= 11 is 1.60. The Labute approximate surface area is 173 Å². The minimum atomic E-state index is -0.109. The zero-order valence-electron chi connectivity index (χ0n) is 16.4. The lowest BCUT2D eigenvalue weighted by Gasteiger charge is -2.35. The molecule has 1 amide bonds. The second kappa shape index (κ2) is 8.80. The third-order valence-corrected chi connectivity index (χ3v) is 6.22. The van der Waals surface area contributed by atoms with Crippen LogP contribution in [0.1, 0.15) is 12.7 Å². The van der Waals surface area contributed by atoms with Gasteiger partial charge in [0.25, 0.3) is 5.56 Å². The van der Waals surface area contributed by atoms with E-state index in [4.69, 9.17) is 0 Å². The summed E-state index contributed by atoms with van der Waals surface area (Å²) in [5, 5.41) is 0.499. The fraction of sp³-hybridized carbons (Fsp3) is 0.318. The molecule has 1 atom stereocenters. The van der Waals surface area contributed by atoms with Crippen molar-refractivity contribution in [2.45, 2.75) is 23.6 Å². The highest BCUT2D eigenvalue weighted by Crippen LogP contribution is 2.24. The summed E-state index contributed by atoms with van der Waals surface area (Å²) in [5.41, 5.74) is 0.609. The van der Waals surface area contributed by atoms with Crippen molar-refractivity contribution in [1.82, 2.24) is 19.8 Å². The van der Waals surface area contributed by atoms with E-state index in [1.54, 1.807) is 17.8 Å². The Morgan fingerprint density at radius 2 is 1.76 bits per heavy atom. The summed E-state index contributed by atoms with van der Waals surface area (Å²) in [4.78, 5) is 37.8. The van der Waals surface area contributed by atoms with E-state index in [-0.39, 0.29) is 16.7 Å². The van der Waals surface area contributed by atoms with Gasteiger partial charge in [-0.15, -0.1) is 11.8 Å². The van der Waals surface area contributed by atoms with Gasteiger partial charge < -0.3 is 9.88 Å². The summed E-state index contributed by atoms with van der Waals surface area (Å²) in [7, 11) is 0. The number of rotatable bonds is 5. The Balaban J connectivity index is 1.33. The standard InChI is InChI=1S/C22H24N4O2S/c1-16(29-17-7-3-2-4-8-17)22(28)26-13-11-25(12-14-26)15-20-23-19-10-6-5-9-18(19)21(27)24-20/h2-10,16H,11-15H2,1H3,(H,23,24,27)/t16-/m1/s1. The number of aromatic amines is 1. The number of hydrogen-bond acceptors (Lipinski definition) is 5. The van der Waals surface area contributed by atoms with Crippen LogP contribution in [-0.2, 0) is 11.3 Å². The molecule has 7 heteroatoms. The summed E-state index contributed by atoms with van der Waals surface area (Å²) in [6, 6.07) is 17.4. The average molecular weight is 409 g/mol. The van der Waals surface area contributed by atoms with Gasteiger partial charge in [0, 0.05) is 31.1 Å². The van der Waals surface area contributed by atoms with Crippen LogP contribution < -0.4 is 5.56 Å². The largest absolute Gasteiger partial charge is 0.339 e. The molecular formula is C22H24N4O2S. The van der Waals surface area contributed by atoms with Gasteiger partial charge in [-0.05, 0) is 31.2 Å². The van der Waals surface area contributed by atoms with Crippen LogP contribution in [0.25, 0.3) is 10.9 Å². The van der Waals surface area contributed by atoms with Crippen molar-refractivity contribution in [3.8, 4) is 0 Å². The van der Waals surface area contributed by atoms with Crippen molar-refractivity contribution in [2.75, 3.05) is 26.2 Å². The molecule has 1 fully saturated rings. The maximum absolute atomic E-state index is 12.8. The molecule has 0 unspecified atom stereocenters. The maximum atomic E-state index is 12.8. The lowest BCUT2D eigenvalue weighted by molar-refractivity contribution is -0.132. The van der Waals surface area contributed by atoms with Crippen molar-refractivity contribution < 1.29 is 4.79 Å². The van der Waals surface area contributed by atoms with E-state index in [1.165, 1.54) is 0 Å². The van der Waals surface area contributed by atoms with E-state index in [1.807, 2.05) is 60.4 Å². The van der Waals surface area contributed by atoms with Crippen molar-refractivity contribution in [3.05, 3.63) is 70.8 Å². The fourth-order valence-corrected chi connectivity index (χ4v) is 4.53. The molecule has 0 aliphatic carbocycles. The number of nitrogens with one attached hydrogen (secondary N) is 1. The van der Waals surface area contributed by atoms with Crippen molar-refractivity contribution in [3.63, 3.8) is 0 Å². The Morgan fingerprint density at radius 1 is 1.07 bits per heavy atom. The first-order chi connectivity index (χ1) is 14.1. The van der Waals surface area contributed by atoms with Crippen LogP contribution in [0.5, 0.6) is 0 Å². The number of benzene rings is 2. The van der Waals surface area contributed by atoms with Crippen LogP contribution in [0, 0.1) is 0 Å². The summed E-state index contributed by atoms with van der Waals surface area (Å²) in [5.74, 6) is 0.845. The smallest absolute Gasteiger partial charge is 0.258 e. The van der Waals surface area contributed by atoms with Crippen LogP contribution in [0.4, 0.5) is 0 Å². The monoisotopic (exact) mass is 408 g/mol. The number of nitrogens with zero attached hydrogens (tertiary/aromatic N) is 3. The Kier molecular flexibility index (Phi) is 5.97. The van der Waals surface area contributed by atoms with Crippen LogP contribution in [0.15, 0.2) is 64.3 Å². The molecule has 0 spiro atoms. The van der Waals surface area contributed by atoms with E-state index >= 15 is 0 Å². The van der Waals surface area contributed by atoms with Gasteiger partial charge in [0.15, 0.2) is 0 Å². The number of amides is 1. The molecule has 1 saturated heterocycles. The minimum Gasteiger partial charge on any atom is -0.339 e. The molecule has 1 aliphatic rings. The number of carbonyl (C=O) groups excluding carboxylic acids is 1. The average Bonchev–Trinajstić information content (AvgIpc) is 2.74. The van der Waals surface area contributed by atoms with Crippen LogP contribution in [-0.4, -0.2) is 57.1 Å². The molecule has 0 radical (unpaired) electrons. The molecule has 150 valence electrons. The molecule has 2 heterocycles. The highest BCUT2D eigenvalue weighted by molar-refractivity contribution is 8.00. The Morgan fingerprint density at radius 3 is 2.52 bits per heavy atom. The fourth-order valence-electron chi connectivity index (χ4n) is 3.56. The van der Waals surface area contributed by atoms with Gasteiger partial charge in [-0.1, -0.05) is 30.3 Å². The van der Waals surface area contributed by atoms with Gasteiger partial charge in [-0.3, -0.25) is 14.5 Å². The molecule has 0 bridgehead atoms. The molecule has 3 aromatic rings. The Bertz CT molecular complexity index is 1050. The lowest BCUT2D eigenvalue weighted by atomic mass is 10.2. The van der Waals surface area contributed by atoms with E-state index < -0.39 is 0 Å². The van der Waals surface area contributed by atoms with Gasteiger partial charge >= 0.3 is 0 Å². The SMILES string of the molecule is C[C@@H](Sc1ccccc1)C(=O)N1CCN(Cc2nc3ccccc3c(=O)[nH]2)CC1. The molecule has 1 aromatic heterocycles. The second-order valence-electron chi connectivity index (χ2n) is 7.20. The first-order valence-electron chi connectivity index (χ1n) is 9.81. The summed E-state index contributed by atoms with van der Waals surface area (Å²) in [6.07, 6.45) is 0. The highest BCUT2D eigenvalue weighted by Gasteiger charge is 2.25. The van der Waals surface area contributed by atoms with Crippen molar-refractivity contribution in [1.29, 1.82) is 0 Å². The molecule has 1 aliphatic heterocycles. The highest BCUT2D eigenvalue weighted by atomic mass is 32.2. The van der Waals surface area contributed by atoms with Gasteiger partial charge in [0.1, 0.15) is 5.82 Å². The lowest BCUT2D eigenvalue weighted by Crippen LogP contribution is -2.50. The predicted octanol–water partition coefficient (Wildman–Crippen LogP) is 2.75. The molecule has 0 saturated carbocycles.